The van der Waals surface area contributed by atoms with Gasteiger partial charge in [0.15, 0.2) is 0 Å². The van der Waals surface area contributed by atoms with E-state index in [4.69, 9.17) is 32.0 Å². The minimum Gasteiger partial charge on any atom is -0.478 e. The molecule has 4 heterocycles. The minimum atomic E-state index is -1.16. The van der Waals surface area contributed by atoms with E-state index >= 15 is 0 Å². The van der Waals surface area contributed by atoms with Crippen LogP contribution in [0.2, 0.25) is 10.0 Å². The highest BCUT2D eigenvalue weighted by atomic mass is 35.5. The van der Waals surface area contributed by atoms with Crippen molar-refractivity contribution in [1.29, 1.82) is 0 Å². The number of carboxylic acid groups (broad SMARTS) is 1. The number of hydrogen-bond donors (Lipinski definition) is 1. The van der Waals surface area contributed by atoms with Crippen molar-refractivity contribution < 1.29 is 42.3 Å². The van der Waals surface area contributed by atoms with Gasteiger partial charge in [-0.25, -0.2) is 9.18 Å². The average Bonchev–Trinajstić information content (AvgIpc) is 4.00. The molecule has 0 bridgehead atoms. The van der Waals surface area contributed by atoms with Crippen LogP contribution in [-0.4, -0.2) is 43.2 Å². The zero-order valence-corrected chi connectivity index (χ0v) is 33.8. The summed E-state index contributed by atoms with van der Waals surface area (Å²) in [5, 5.41) is 9.26. The SMILES string of the molecule is Cc1ccc(CN2C(=O)S/C(=C\c3ccc(-c4ccc(Cl)cc4)o3)C2=O)cc1.O=C(O)c1cc(-c2ccc(/C=C3\SC(=O)N(Cc4ccc(F)cc4)C3=O)o2)ccc1Cl. The first-order valence-corrected chi connectivity index (χ1v) is 20.0. The molecule has 0 unspecified atom stereocenters. The molecule has 8 rings (SSSR count). The standard InChI is InChI=1S/C22H13ClFNO5S.C22H16ClNO3S/c23-17-7-3-13(9-16(17)21(27)28)18-8-6-15(30-18)10-19-20(26)25(22(29)31-19)11-12-1-4-14(24)5-2-12;1-14-2-4-15(5-3-14)13-24-21(25)20(28-22(24)26)12-18-10-11-19(27-18)16-6-8-17(23)9-7-16/h1-10H,11H2,(H,27,28);2-12H,13H2,1H3/b19-10-;20-12-. The fourth-order valence-electron chi connectivity index (χ4n) is 5.81. The summed E-state index contributed by atoms with van der Waals surface area (Å²) in [6.45, 7) is 2.29. The Bertz CT molecular complexity index is 2670. The van der Waals surface area contributed by atoms with Crippen molar-refractivity contribution in [2.75, 3.05) is 0 Å². The van der Waals surface area contributed by atoms with Crippen LogP contribution in [0.5, 0.6) is 0 Å². The van der Waals surface area contributed by atoms with E-state index in [9.17, 15) is 33.5 Å². The molecule has 59 heavy (non-hydrogen) atoms. The molecule has 1 N–H and O–H groups in total. The lowest BCUT2D eigenvalue weighted by Crippen LogP contribution is -2.27. The van der Waals surface area contributed by atoms with Crippen LogP contribution in [0.1, 0.15) is 38.6 Å². The number of aromatic carboxylic acids is 1. The molecule has 10 nitrogen and oxygen atoms in total. The maximum Gasteiger partial charge on any atom is 0.337 e. The molecule has 296 valence electrons. The number of rotatable bonds is 9. The number of benzene rings is 4. The van der Waals surface area contributed by atoms with Gasteiger partial charge in [0.2, 0.25) is 0 Å². The third kappa shape index (κ3) is 9.78. The van der Waals surface area contributed by atoms with Crippen molar-refractivity contribution in [2.24, 2.45) is 0 Å². The largest absolute Gasteiger partial charge is 0.478 e. The summed E-state index contributed by atoms with van der Waals surface area (Å²) in [5.41, 5.74) is 4.01. The highest BCUT2D eigenvalue weighted by Gasteiger charge is 2.36. The number of aryl methyl sites for hydroxylation is 1. The van der Waals surface area contributed by atoms with Gasteiger partial charge in [0.05, 0.1) is 33.5 Å². The molecule has 0 aliphatic carbocycles. The van der Waals surface area contributed by atoms with Crippen LogP contribution >= 0.6 is 46.7 Å². The Labute approximate surface area is 354 Å². The second-order valence-electron chi connectivity index (χ2n) is 13.1. The predicted molar refractivity (Wildman–Crippen MR) is 226 cm³/mol. The first kappa shape index (κ1) is 41.1. The van der Waals surface area contributed by atoms with Gasteiger partial charge in [-0.1, -0.05) is 65.2 Å². The normalized spacial score (nSPS) is 15.4. The summed E-state index contributed by atoms with van der Waals surface area (Å²) >= 11 is 13.5. The maximum absolute atomic E-state index is 13.1. The zero-order chi connectivity index (χ0) is 41.8. The first-order chi connectivity index (χ1) is 28.3. The van der Waals surface area contributed by atoms with E-state index in [0.29, 0.717) is 44.1 Å². The minimum absolute atomic E-state index is 0.0361. The molecule has 0 saturated carbocycles. The lowest BCUT2D eigenvalue weighted by Gasteiger charge is -2.12. The maximum atomic E-state index is 13.1. The summed E-state index contributed by atoms with van der Waals surface area (Å²) in [6.07, 6.45) is 3.06. The van der Waals surface area contributed by atoms with E-state index in [1.165, 1.54) is 47.4 Å². The van der Waals surface area contributed by atoms with Crippen molar-refractivity contribution in [3.8, 4) is 22.6 Å². The number of carbonyl (C=O) groups excluding carboxylic acids is 4. The van der Waals surface area contributed by atoms with E-state index in [1.807, 2.05) is 49.4 Å². The Balaban J connectivity index is 0.000000180. The molecule has 15 heteroatoms. The van der Waals surface area contributed by atoms with Crippen LogP contribution in [0.25, 0.3) is 34.8 Å². The lowest BCUT2D eigenvalue weighted by molar-refractivity contribution is -0.124. The quantitative estimate of drug-likeness (QED) is 0.140. The second kappa shape index (κ2) is 17.8. The molecule has 2 saturated heterocycles. The molecule has 4 amide bonds. The molecular weight excluding hydrogens is 839 g/mol. The summed E-state index contributed by atoms with van der Waals surface area (Å²) in [4.78, 5) is 64.0. The van der Waals surface area contributed by atoms with Crippen LogP contribution in [0.3, 0.4) is 0 Å². The Morgan fingerprint density at radius 2 is 1.14 bits per heavy atom. The summed E-state index contributed by atoms with van der Waals surface area (Å²) in [6, 6.07) is 31.9. The number of furan rings is 2. The van der Waals surface area contributed by atoms with Gasteiger partial charge in [0.1, 0.15) is 28.9 Å². The van der Waals surface area contributed by atoms with Crippen molar-refractivity contribution in [3.05, 3.63) is 175 Å². The Morgan fingerprint density at radius 1 is 0.661 bits per heavy atom. The summed E-state index contributed by atoms with van der Waals surface area (Å²) in [7, 11) is 0. The van der Waals surface area contributed by atoms with Gasteiger partial charge in [-0.05, 0) is 120 Å². The predicted octanol–water partition coefficient (Wildman–Crippen LogP) is 11.8. The molecule has 2 aliphatic heterocycles. The molecule has 0 radical (unpaired) electrons. The lowest BCUT2D eigenvalue weighted by atomic mass is 10.1. The van der Waals surface area contributed by atoms with Gasteiger partial charge < -0.3 is 13.9 Å². The van der Waals surface area contributed by atoms with Crippen molar-refractivity contribution in [2.45, 2.75) is 20.0 Å². The van der Waals surface area contributed by atoms with Gasteiger partial charge in [-0.15, -0.1) is 0 Å². The molecule has 0 atom stereocenters. The first-order valence-electron chi connectivity index (χ1n) is 17.6. The highest BCUT2D eigenvalue weighted by molar-refractivity contribution is 8.18. The Hall–Kier alpha value is -6.12. The van der Waals surface area contributed by atoms with Gasteiger partial charge in [0, 0.05) is 28.3 Å². The third-order valence-corrected chi connectivity index (χ3v) is 11.3. The molecule has 2 aliphatic rings. The van der Waals surface area contributed by atoms with E-state index in [0.717, 1.165) is 45.1 Å². The summed E-state index contributed by atoms with van der Waals surface area (Å²) < 4.78 is 24.6. The van der Waals surface area contributed by atoms with Crippen LogP contribution in [0, 0.1) is 12.7 Å². The number of amides is 4. The summed E-state index contributed by atoms with van der Waals surface area (Å²) in [5.74, 6) is -0.439. The number of carbonyl (C=O) groups is 5. The number of imide groups is 2. The smallest absolute Gasteiger partial charge is 0.337 e. The highest BCUT2D eigenvalue weighted by Crippen LogP contribution is 2.36. The van der Waals surface area contributed by atoms with E-state index in [1.54, 1.807) is 42.5 Å². The number of nitrogens with zero attached hydrogens (tertiary/aromatic N) is 2. The Kier molecular flexibility index (Phi) is 12.4. The third-order valence-electron chi connectivity index (χ3n) is 8.87. The molecule has 2 aromatic heterocycles. The molecule has 6 aromatic rings. The molecular formula is C44H29Cl2FN2O8S2. The van der Waals surface area contributed by atoms with Crippen LogP contribution in [0.15, 0.2) is 134 Å². The van der Waals surface area contributed by atoms with Gasteiger partial charge in [-0.3, -0.25) is 29.0 Å². The molecule has 2 fully saturated rings. The van der Waals surface area contributed by atoms with Crippen molar-refractivity contribution in [1.82, 2.24) is 9.80 Å². The van der Waals surface area contributed by atoms with E-state index in [2.05, 4.69) is 0 Å². The van der Waals surface area contributed by atoms with Crippen molar-refractivity contribution >= 4 is 87.1 Å². The number of thioether (sulfide) groups is 2. The van der Waals surface area contributed by atoms with Crippen LogP contribution < -0.4 is 0 Å². The van der Waals surface area contributed by atoms with Gasteiger partial charge in [-0.2, -0.15) is 0 Å². The van der Waals surface area contributed by atoms with Crippen molar-refractivity contribution in [3.63, 3.8) is 0 Å². The number of halogens is 3. The Morgan fingerprint density at radius 3 is 1.64 bits per heavy atom. The zero-order valence-electron chi connectivity index (χ0n) is 30.7. The fraction of sp³-hybridized carbons (Fsp3) is 0.0682. The van der Waals surface area contributed by atoms with Crippen LogP contribution in [0.4, 0.5) is 14.0 Å². The monoisotopic (exact) mass is 866 g/mol. The van der Waals surface area contributed by atoms with Gasteiger partial charge in [0.25, 0.3) is 22.3 Å². The molecule has 0 spiro atoms. The average molecular weight is 868 g/mol. The van der Waals surface area contributed by atoms with Gasteiger partial charge >= 0.3 is 5.97 Å². The molecule has 4 aromatic carbocycles. The number of carboxylic acids is 1. The van der Waals surface area contributed by atoms with E-state index in [-0.39, 0.29) is 39.7 Å². The van der Waals surface area contributed by atoms with Crippen LogP contribution in [-0.2, 0) is 22.7 Å². The second-order valence-corrected chi connectivity index (χ2v) is 15.9. The van der Waals surface area contributed by atoms with E-state index < -0.39 is 22.9 Å². The number of hydrogen-bond acceptors (Lipinski definition) is 9. The fourth-order valence-corrected chi connectivity index (χ4v) is 7.77. The topological polar surface area (TPSA) is 138 Å².